The lowest BCUT2D eigenvalue weighted by atomic mass is 10.2. The van der Waals surface area contributed by atoms with Crippen LogP contribution in [-0.2, 0) is 11.3 Å². The molecule has 0 heterocycles. The first-order valence-corrected chi connectivity index (χ1v) is 6.89. The van der Waals surface area contributed by atoms with Gasteiger partial charge in [-0.25, -0.2) is 0 Å². The molecule has 0 amide bonds. The van der Waals surface area contributed by atoms with Crippen LogP contribution in [0.25, 0.3) is 0 Å². The van der Waals surface area contributed by atoms with E-state index >= 15 is 0 Å². The lowest BCUT2D eigenvalue weighted by Gasteiger charge is -2.17. The molecule has 0 fully saturated rings. The summed E-state index contributed by atoms with van der Waals surface area (Å²) in [5.41, 5.74) is 1.08. The second kappa shape index (κ2) is 8.55. The van der Waals surface area contributed by atoms with Gasteiger partial charge in [0.15, 0.2) is 11.5 Å². The topological polar surface area (TPSA) is 50.8 Å². The smallest absolute Gasteiger partial charge is 0.325 e. The summed E-state index contributed by atoms with van der Waals surface area (Å²) in [5.74, 6) is 0.767. The molecule has 0 unspecified atom stereocenters. The first-order valence-electron chi connectivity index (χ1n) is 6.89. The fraction of sp³-hybridized carbons (Fsp3) is 0.533. The number of likely N-dealkylation sites (N-methyl/N-ethyl adjacent to an activating group) is 1. The number of carbonyl (C=O) groups excluding carboxylic acids is 1. The van der Waals surface area contributed by atoms with E-state index in [2.05, 4.69) is 5.32 Å². The van der Waals surface area contributed by atoms with Crippen LogP contribution in [0.2, 0.25) is 0 Å². The second-order valence-corrected chi connectivity index (χ2v) is 4.45. The summed E-state index contributed by atoms with van der Waals surface area (Å²) in [5, 5.41) is 3.07. The normalized spacial score (nSPS) is 10.7. The van der Waals surface area contributed by atoms with E-state index in [-0.39, 0.29) is 12.5 Å². The molecule has 0 aliphatic heterocycles. The van der Waals surface area contributed by atoms with E-state index in [1.54, 1.807) is 13.2 Å². The second-order valence-electron chi connectivity index (χ2n) is 4.45. The van der Waals surface area contributed by atoms with Crippen LogP contribution in [0.15, 0.2) is 18.2 Å². The Morgan fingerprint density at radius 2 is 1.95 bits per heavy atom. The largest absolute Gasteiger partial charge is 0.493 e. The summed E-state index contributed by atoms with van der Waals surface area (Å²) in [7, 11) is 3.45. The van der Waals surface area contributed by atoms with Crippen LogP contribution in [-0.4, -0.2) is 44.7 Å². The number of methoxy groups -OCH3 is 1. The molecule has 1 aromatic rings. The van der Waals surface area contributed by atoms with Gasteiger partial charge in [0.25, 0.3) is 0 Å². The maximum absolute atomic E-state index is 11.9. The van der Waals surface area contributed by atoms with E-state index in [1.807, 2.05) is 37.9 Å². The Labute approximate surface area is 120 Å². The zero-order valence-corrected chi connectivity index (χ0v) is 12.7. The van der Waals surface area contributed by atoms with Crippen LogP contribution in [0.5, 0.6) is 11.5 Å². The Kier molecular flexibility index (Phi) is 7.04. The molecule has 1 rings (SSSR count). The molecule has 0 spiro atoms. The number of esters is 1. The molecule has 0 aliphatic rings. The molecule has 1 N–H and O–H groups in total. The molecule has 0 bridgehead atoms. The van der Waals surface area contributed by atoms with Crippen molar-refractivity contribution in [1.82, 2.24) is 10.2 Å². The van der Waals surface area contributed by atoms with Gasteiger partial charge in [0.1, 0.15) is 0 Å². The van der Waals surface area contributed by atoms with E-state index in [9.17, 15) is 4.79 Å². The zero-order valence-electron chi connectivity index (χ0n) is 12.7. The molecule has 0 saturated carbocycles. The standard InChI is InChI=1S/C15H24N2O3/c1-5-17(6-2)11-15(18)20-13-8-7-12(10-16-3)9-14(13)19-4/h7-9,16H,5-6,10-11H2,1-4H3. The third kappa shape index (κ3) is 4.83. The molecule has 112 valence electrons. The van der Waals surface area contributed by atoms with Crippen LogP contribution < -0.4 is 14.8 Å². The molecule has 20 heavy (non-hydrogen) atoms. The third-order valence-corrected chi connectivity index (χ3v) is 3.08. The average Bonchev–Trinajstić information content (AvgIpc) is 2.46. The van der Waals surface area contributed by atoms with E-state index in [0.29, 0.717) is 11.5 Å². The van der Waals surface area contributed by atoms with Gasteiger partial charge < -0.3 is 14.8 Å². The summed E-state index contributed by atoms with van der Waals surface area (Å²) in [6.07, 6.45) is 0. The number of hydrogen-bond donors (Lipinski definition) is 1. The van der Waals surface area contributed by atoms with Crippen LogP contribution in [0.4, 0.5) is 0 Å². The Balaban J connectivity index is 2.73. The summed E-state index contributed by atoms with van der Waals surface area (Å²) in [6.45, 7) is 6.71. The van der Waals surface area contributed by atoms with Crippen molar-refractivity contribution in [3.05, 3.63) is 23.8 Å². The molecular formula is C15H24N2O3. The number of hydrogen-bond acceptors (Lipinski definition) is 5. The SMILES string of the molecule is CCN(CC)CC(=O)Oc1ccc(CNC)cc1OC. The lowest BCUT2D eigenvalue weighted by Crippen LogP contribution is -2.32. The number of benzene rings is 1. The number of nitrogens with zero attached hydrogens (tertiary/aromatic N) is 1. The maximum Gasteiger partial charge on any atom is 0.325 e. The third-order valence-electron chi connectivity index (χ3n) is 3.08. The van der Waals surface area contributed by atoms with Crippen molar-refractivity contribution >= 4 is 5.97 Å². The van der Waals surface area contributed by atoms with Gasteiger partial charge in [0, 0.05) is 6.54 Å². The molecule has 0 aliphatic carbocycles. The number of carbonyl (C=O) groups is 1. The van der Waals surface area contributed by atoms with Gasteiger partial charge in [-0.2, -0.15) is 0 Å². The zero-order chi connectivity index (χ0) is 15.0. The van der Waals surface area contributed by atoms with E-state index in [0.717, 1.165) is 25.2 Å². The summed E-state index contributed by atoms with van der Waals surface area (Å²) < 4.78 is 10.6. The first-order chi connectivity index (χ1) is 9.64. The minimum absolute atomic E-state index is 0.270. The van der Waals surface area contributed by atoms with Gasteiger partial charge in [-0.1, -0.05) is 19.9 Å². The molecule has 1 aromatic carbocycles. The van der Waals surface area contributed by atoms with Crippen molar-refractivity contribution in [2.24, 2.45) is 0 Å². The van der Waals surface area contributed by atoms with Gasteiger partial charge >= 0.3 is 5.97 Å². The minimum Gasteiger partial charge on any atom is -0.493 e. The number of rotatable bonds is 8. The van der Waals surface area contributed by atoms with Crippen LogP contribution in [0.1, 0.15) is 19.4 Å². The molecule has 0 radical (unpaired) electrons. The van der Waals surface area contributed by atoms with Crippen molar-refractivity contribution in [3.63, 3.8) is 0 Å². The first kappa shape index (κ1) is 16.5. The molecule has 5 heteroatoms. The van der Waals surface area contributed by atoms with Gasteiger partial charge in [0.2, 0.25) is 0 Å². The van der Waals surface area contributed by atoms with Gasteiger partial charge in [-0.15, -0.1) is 0 Å². The lowest BCUT2D eigenvalue weighted by molar-refractivity contribution is -0.135. The van der Waals surface area contributed by atoms with Crippen molar-refractivity contribution in [1.29, 1.82) is 0 Å². The quantitative estimate of drug-likeness (QED) is 0.580. The van der Waals surface area contributed by atoms with Crippen molar-refractivity contribution in [2.45, 2.75) is 20.4 Å². The fourth-order valence-electron chi connectivity index (χ4n) is 1.90. The van der Waals surface area contributed by atoms with Crippen LogP contribution in [0, 0.1) is 0 Å². The van der Waals surface area contributed by atoms with E-state index < -0.39 is 0 Å². The minimum atomic E-state index is -0.270. The highest BCUT2D eigenvalue weighted by atomic mass is 16.6. The van der Waals surface area contributed by atoms with Crippen LogP contribution >= 0.6 is 0 Å². The van der Waals surface area contributed by atoms with Crippen molar-refractivity contribution in [3.8, 4) is 11.5 Å². The number of ether oxygens (including phenoxy) is 2. The van der Waals surface area contributed by atoms with Gasteiger partial charge in [-0.05, 0) is 37.8 Å². The highest BCUT2D eigenvalue weighted by Crippen LogP contribution is 2.28. The summed E-state index contributed by atoms with van der Waals surface area (Å²) in [4.78, 5) is 13.9. The molecule has 5 nitrogen and oxygen atoms in total. The average molecular weight is 280 g/mol. The fourth-order valence-corrected chi connectivity index (χ4v) is 1.90. The Morgan fingerprint density at radius 3 is 2.50 bits per heavy atom. The predicted molar refractivity (Wildman–Crippen MR) is 79.2 cm³/mol. The van der Waals surface area contributed by atoms with Gasteiger partial charge in [0.05, 0.1) is 13.7 Å². The van der Waals surface area contributed by atoms with E-state index in [4.69, 9.17) is 9.47 Å². The Bertz CT molecular complexity index is 431. The van der Waals surface area contributed by atoms with E-state index in [1.165, 1.54) is 0 Å². The summed E-state index contributed by atoms with van der Waals surface area (Å²) >= 11 is 0. The monoisotopic (exact) mass is 280 g/mol. The maximum atomic E-state index is 11.9. The van der Waals surface area contributed by atoms with Crippen LogP contribution in [0.3, 0.4) is 0 Å². The Morgan fingerprint density at radius 1 is 1.25 bits per heavy atom. The molecule has 0 atom stereocenters. The highest BCUT2D eigenvalue weighted by molar-refractivity contribution is 5.75. The highest BCUT2D eigenvalue weighted by Gasteiger charge is 2.13. The molecular weight excluding hydrogens is 256 g/mol. The summed E-state index contributed by atoms with van der Waals surface area (Å²) in [6, 6.07) is 5.56. The van der Waals surface area contributed by atoms with Crippen molar-refractivity contribution < 1.29 is 14.3 Å². The van der Waals surface area contributed by atoms with Crippen molar-refractivity contribution in [2.75, 3.05) is 33.8 Å². The predicted octanol–water partition coefficient (Wildman–Crippen LogP) is 1.66. The molecule has 0 saturated heterocycles. The molecule has 0 aromatic heterocycles. The number of nitrogens with one attached hydrogen (secondary N) is 1. The van der Waals surface area contributed by atoms with Gasteiger partial charge in [-0.3, -0.25) is 9.69 Å². The Hall–Kier alpha value is -1.59.